The Balaban J connectivity index is 3.02. The minimum atomic E-state index is -0.233. The van der Waals surface area contributed by atoms with Crippen LogP contribution in [0, 0.1) is 6.92 Å². The summed E-state index contributed by atoms with van der Waals surface area (Å²) < 4.78 is 4.64. The van der Waals surface area contributed by atoms with E-state index in [1.165, 1.54) is 12.0 Å². The number of methoxy groups -OCH3 is 1. The van der Waals surface area contributed by atoms with E-state index in [9.17, 15) is 4.79 Å². The molecule has 3 heteroatoms. The maximum absolute atomic E-state index is 11.1. The van der Waals surface area contributed by atoms with Crippen LogP contribution in [0.5, 0.6) is 0 Å². The second-order valence-corrected chi connectivity index (χ2v) is 3.51. The molecule has 0 saturated carbocycles. The number of hydrogen-bond donors (Lipinski definition) is 0. The van der Waals surface area contributed by atoms with Gasteiger partial charge in [0.15, 0.2) is 0 Å². The fourth-order valence-electron chi connectivity index (χ4n) is 1.12. The zero-order valence-corrected chi connectivity index (χ0v) is 8.33. The van der Waals surface area contributed by atoms with Crippen molar-refractivity contribution in [1.29, 1.82) is 0 Å². The van der Waals surface area contributed by atoms with Crippen molar-refractivity contribution in [3.05, 3.63) is 21.4 Å². The van der Waals surface area contributed by atoms with E-state index < -0.39 is 0 Å². The predicted molar refractivity (Wildman–Crippen MR) is 49.8 cm³/mol. The van der Waals surface area contributed by atoms with Gasteiger partial charge in [-0.15, -0.1) is 11.3 Å². The van der Waals surface area contributed by atoms with E-state index >= 15 is 0 Å². The Morgan fingerprint density at radius 1 is 1.67 bits per heavy atom. The van der Waals surface area contributed by atoms with E-state index in [4.69, 9.17) is 0 Å². The van der Waals surface area contributed by atoms with Crippen LogP contribution in [0.4, 0.5) is 0 Å². The number of ether oxygens (including phenoxy) is 1. The molecule has 12 heavy (non-hydrogen) atoms. The molecule has 1 heterocycles. The lowest BCUT2D eigenvalue weighted by molar-refractivity contribution is 0.0600. The Morgan fingerprint density at radius 3 is 2.75 bits per heavy atom. The second kappa shape index (κ2) is 3.72. The number of thiophene rings is 1. The predicted octanol–water partition coefficient (Wildman–Crippen LogP) is 2.41. The van der Waals surface area contributed by atoms with Gasteiger partial charge in [-0.1, -0.05) is 6.92 Å². The molecule has 1 rings (SSSR count). The summed E-state index contributed by atoms with van der Waals surface area (Å²) in [5, 5.41) is 1.86. The molecule has 0 saturated heterocycles. The molecule has 0 radical (unpaired) electrons. The molecule has 2 nitrogen and oxygen atoms in total. The van der Waals surface area contributed by atoms with Crippen LogP contribution in [-0.2, 0) is 11.2 Å². The Hall–Kier alpha value is -0.830. The standard InChI is InChI=1S/C9H12O2S/c1-4-8-6(2)7(5-12-8)9(10)11-3/h5H,4H2,1-3H3. The summed E-state index contributed by atoms with van der Waals surface area (Å²) in [6.07, 6.45) is 0.980. The minimum absolute atomic E-state index is 0.233. The van der Waals surface area contributed by atoms with Crippen LogP contribution in [0.3, 0.4) is 0 Å². The summed E-state index contributed by atoms with van der Waals surface area (Å²) in [5.74, 6) is -0.233. The highest BCUT2D eigenvalue weighted by Gasteiger charge is 2.12. The van der Waals surface area contributed by atoms with Gasteiger partial charge in [-0.2, -0.15) is 0 Å². The monoisotopic (exact) mass is 184 g/mol. The molecule has 0 unspecified atom stereocenters. The van der Waals surface area contributed by atoms with E-state index in [1.54, 1.807) is 11.3 Å². The number of esters is 1. The van der Waals surface area contributed by atoms with Crippen LogP contribution < -0.4 is 0 Å². The topological polar surface area (TPSA) is 26.3 Å². The smallest absolute Gasteiger partial charge is 0.338 e. The number of aryl methyl sites for hydroxylation is 1. The van der Waals surface area contributed by atoms with Crippen LogP contribution in [0.2, 0.25) is 0 Å². The van der Waals surface area contributed by atoms with Crippen LogP contribution in [0.15, 0.2) is 5.38 Å². The summed E-state index contributed by atoms with van der Waals surface area (Å²) in [6, 6.07) is 0. The van der Waals surface area contributed by atoms with E-state index in [-0.39, 0.29) is 5.97 Å². The molecule has 66 valence electrons. The first kappa shape index (κ1) is 9.26. The first-order valence-electron chi connectivity index (χ1n) is 3.86. The first-order valence-corrected chi connectivity index (χ1v) is 4.74. The van der Waals surface area contributed by atoms with Crippen molar-refractivity contribution in [3.8, 4) is 0 Å². The molecule has 0 fully saturated rings. The van der Waals surface area contributed by atoms with Gasteiger partial charge in [0.05, 0.1) is 12.7 Å². The SMILES string of the molecule is CCc1scc(C(=O)OC)c1C. The van der Waals surface area contributed by atoms with Gasteiger partial charge in [-0.05, 0) is 18.9 Å². The summed E-state index contributed by atoms with van der Waals surface area (Å²) in [6.45, 7) is 4.04. The molecule has 0 spiro atoms. The van der Waals surface area contributed by atoms with Crippen molar-refractivity contribution < 1.29 is 9.53 Å². The van der Waals surface area contributed by atoms with E-state index in [0.29, 0.717) is 5.56 Å². The third-order valence-corrected chi connectivity index (χ3v) is 3.10. The van der Waals surface area contributed by atoms with Crippen molar-refractivity contribution in [3.63, 3.8) is 0 Å². The molecule has 1 aromatic heterocycles. The third-order valence-electron chi connectivity index (χ3n) is 1.87. The molecule has 0 aromatic carbocycles. The molecule has 0 aliphatic carbocycles. The maximum atomic E-state index is 11.1. The summed E-state index contributed by atoms with van der Waals surface area (Å²) in [5.41, 5.74) is 1.77. The third kappa shape index (κ3) is 1.50. The quantitative estimate of drug-likeness (QED) is 0.660. The number of carbonyl (C=O) groups is 1. The summed E-state index contributed by atoms with van der Waals surface area (Å²) >= 11 is 1.62. The van der Waals surface area contributed by atoms with Crippen LogP contribution in [0.1, 0.15) is 27.7 Å². The van der Waals surface area contributed by atoms with Gasteiger partial charge in [0.1, 0.15) is 0 Å². The molecule has 0 bridgehead atoms. The summed E-state index contributed by atoms with van der Waals surface area (Å²) in [4.78, 5) is 12.4. The lowest BCUT2D eigenvalue weighted by Crippen LogP contribution is -2.01. The number of rotatable bonds is 2. The lowest BCUT2D eigenvalue weighted by Gasteiger charge is -1.97. The van der Waals surface area contributed by atoms with E-state index in [0.717, 1.165) is 12.0 Å². The Morgan fingerprint density at radius 2 is 2.33 bits per heavy atom. The average Bonchev–Trinajstić information content (AvgIpc) is 2.45. The molecule has 0 atom stereocenters. The molecule has 0 N–H and O–H groups in total. The molecular formula is C9H12O2S. The Bertz CT molecular complexity index is 289. The molecule has 0 amide bonds. The van der Waals surface area contributed by atoms with Crippen molar-refractivity contribution in [2.45, 2.75) is 20.3 Å². The Kier molecular flexibility index (Phi) is 2.87. The van der Waals surface area contributed by atoms with Gasteiger partial charge < -0.3 is 4.74 Å². The normalized spacial score (nSPS) is 9.92. The van der Waals surface area contributed by atoms with Crippen molar-refractivity contribution in [2.75, 3.05) is 7.11 Å². The highest BCUT2D eigenvalue weighted by molar-refractivity contribution is 7.10. The van der Waals surface area contributed by atoms with Gasteiger partial charge >= 0.3 is 5.97 Å². The highest BCUT2D eigenvalue weighted by atomic mass is 32.1. The second-order valence-electron chi connectivity index (χ2n) is 2.54. The van der Waals surface area contributed by atoms with Crippen molar-refractivity contribution in [2.24, 2.45) is 0 Å². The largest absolute Gasteiger partial charge is 0.465 e. The molecule has 0 aliphatic rings. The fourth-order valence-corrected chi connectivity index (χ4v) is 2.10. The van der Waals surface area contributed by atoms with Gasteiger partial charge in [0.2, 0.25) is 0 Å². The van der Waals surface area contributed by atoms with Crippen molar-refractivity contribution >= 4 is 17.3 Å². The first-order chi connectivity index (χ1) is 5.70. The molecule has 1 aromatic rings. The minimum Gasteiger partial charge on any atom is -0.465 e. The Labute approximate surface area is 76.2 Å². The van der Waals surface area contributed by atoms with Gasteiger partial charge in [0, 0.05) is 10.3 Å². The zero-order valence-electron chi connectivity index (χ0n) is 7.51. The van der Waals surface area contributed by atoms with Crippen LogP contribution >= 0.6 is 11.3 Å². The van der Waals surface area contributed by atoms with Gasteiger partial charge in [-0.25, -0.2) is 4.79 Å². The maximum Gasteiger partial charge on any atom is 0.338 e. The summed E-state index contributed by atoms with van der Waals surface area (Å²) in [7, 11) is 1.41. The van der Waals surface area contributed by atoms with Gasteiger partial charge in [-0.3, -0.25) is 0 Å². The fraction of sp³-hybridized carbons (Fsp3) is 0.444. The number of carbonyl (C=O) groups excluding carboxylic acids is 1. The zero-order chi connectivity index (χ0) is 9.14. The average molecular weight is 184 g/mol. The van der Waals surface area contributed by atoms with Crippen LogP contribution in [-0.4, -0.2) is 13.1 Å². The lowest BCUT2D eigenvalue weighted by atomic mass is 10.1. The van der Waals surface area contributed by atoms with Crippen molar-refractivity contribution in [1.82, 2.24) is 0 Å². The number of hydrogen-bond acceptors (Lipinski definition) is 3. The van der Waals surface area contributed by atoms with Gasteiger partial charge in [0.25, 0.3) is 0 Å². The van der Waals surface area contributed by atoms with Crippen LogP contribution in [0.25, 0.3) is 0 Å². The van der Waals surface area contributed by atoms with E-state index in [2.05, 4.69) is 11.7 Å². The van der Waals surface area contributed by atoms with E-state index in [1.807, 2.05) is 12.3 Å². The molecule has 0 aliphatic heterocycles. The molecular weight excluding hydrogens is 172 g/mol. The highest BCUT2D eigenvalue weighted by Crippen LogP contribution is 2.22.